The minimum atomic E-state index is -1.04. The molecule has 25 heavy (non-hydrogen) atoms. The zero-order valence-corrected chi connectivity index (χ0v) is 14.0. The quantitative estimate of drug-likeness (QED) is 0.647. The van der Waals surface area contributed by atoms with Gasteiger partial charge in [-0.1, -0.05) is 42.5 Å². The van der Waals surface area contributed by atoms with Gasteiger partial charge >= 0.3 is 5.97 Å². The first-order valence-corrected chi connectivity index (χ1v) is 8.16. The summed E-state index contributed by atoms with van der Waals surface area (Å²) in [4.78, 5) is 27.0. The summed E-state index contributed by atoms with van der Waals surface area (Å²) >= 11 is 0. The van der Waals surface area contributed by atoms with E-state index in [0.717, 1.165) is 27.6 Å². The summed E-state index contributed by atoms with van der Waals surface area (Å²) in [5.41, 5.74) is 3.79. The lowest BCUT2D eigenvalue weighted by Gasteiger charge is -2.14. The van der Waals surface area contributed by atoms with Crippen molar-refractivity contribution in [3.8, 4) is 0 Å². The normalized spacial score (nSPS) is 12.0. The molecule has 1 heterocycles. The van der Waals surface area contributed by atoms with Crippen molar-refractivity contribution in [2.24, 2.45) is 0 Å². The minimum absolute atomic E-state index is 0.164. The van der Waals surface area contributed by atoms with E-state index in [1.807, 2.05) is 61.7 Å². The van der Waals surface area contributed by atoms with Crippen molar-refractivity contribution >= 4 is 22.8 Å². The van der Waals surface area contributed by atoms with Gasteiger partial charge < -0.3 is 15.4 Å². The van der Waals surface area contributed by atoms with Crippen molar-refractivity contribution in [1.82, 2.24) is 10.3 Å². The summed E-state index contributed by atoms with van der Waals surface area (Å²) in [5.74, 6) is -1.33. The molecule has 1 amide bonds. The highest BCUT2D eigenvalue weighted by atomic mass is 16.4. The van der Waals surface area contributed by atoms with Gasteiger partial charge in [0.1, 0.15) is 6.04 Å². The molecular formula is C20H20N2O3. The maximum atomic E-state index is 12.2. The van der Waals surface area contributed by atoms with Gasteiger partial charge in [-0.3, -0.25) is 4.79 Å². The molecule has 0 saturated carbocycles. The van der Waals surface area contributed by atoms with Crippen LogP contribution >= 0.6 is 0 Å². The van der Waals surface area contributed by atoms with Crippen LogP contribution in [0.25, 0.3) is 10.9 Å². The molecule has 0 saturated heterocycles. The number of amides is 1. The highest BCUT2D eigenvalue weighted by Gasteiger charge is 2.22. The number of carboxylic acids is 1. The maximum absolute atomic E-state index is 12.2. The van der Waals surface area contributed by atoms with E-state index < -0.39 is 12.0 Å². The summed E-state index contributed by atoms with van der Waals surface area (Å²) < 4.78 is 0. The first-order chi connectivity index (χ1) is 12.0. The third kappa shape index (κ3) is 3.88. The third-order valence-electron chi connectivity index (χ3n) is 4.26. The molecule has 0 aliphatic heterocycles. The number of fused-ring (bicyclic) bond motifs is 1. The number of benzene rings is 2. The number of aryl methyl sites for hydroxylation is 1. The topological polar surface area (TPSA) is 82.2 Å². The number of H-pyrrole nitrogens is 1. The van der Waals surface area contributed by atoms with Crippen molar-refractivity contribution in [2.75, 3.05) is 0 Å². The predicted molar refractivity (Wildman–Crippen MR) is 96.5 cm³/mol. The van der Waals surface area contributed by atoms with Crippen LogP contribution < -0.4 is 5.32 Å². The van der Waals surface area contributed by atoms with E-state index in [0.29, 0.717) is 0 Å². The van der Waals surface area contributed by atoms with Crippen LogP contribution in [-0.4, -0.2) is 28.0 Å². The van der Waals surface area contributed by atoms with Crippen LogP contribution in [0.15, 0.2) is 54.7 Å². The van der Waals surface area contributed by atoms with Gasteiger partial charge in [0.25, 0.3) is 0 Å². The van der Waals surface area contributed by atoms with Gasteiger partial charge in [0.05, 0.1) is 6.42 Å². The average Bonchev–Trinajstić information content (AvgIpc) is 2.99. The number of carbonyl (C=O) groups excluding carboxylic acids is 1. The van der Waals surface area contributed by atoms with Crippen LogP contribution in [0, 0.1) is 6.92 Å². The number of aromatic amines is 1. The number of hydrogen-bond acceptors (Lipinski definition) is 2. The van der Waals surface area contributed by atoms with Gasteiger partial charge in [-0.2, -0.15) is 0 Å². The van der Waals surface area contributed by atoms with Crippen molar-refractivity contribution in [3.63, 3.8) is 0 Å². The van der Waals surface area contributed by atoms with Crippen molar-refractivity contribution in [2.45, 2.75) is 25.8 Å². The van der Waals surface area contributed by atoms with E-state index in [2.05, 4.69) is 10.3 Å². The molecule has 3 N–H and O–H groups in total. The Labute approximate surface area is 145 Å². The SMILES string of the molecule is Cc1cccc2[nH]cc(C[C@@H](NC(=O)Cc3ccccc3)C(=O)O)c12. The lowest BCUT2D eigenvalue weighted by molar-refractivity contribution is -0.141. The fourth-order valence-corrected chi connectivity index (χ4v) is 3.06. The smallest absolute Gasteiger partial charge is 0.326 e. The third-order valence-corrected chi connectivity index (χ3v) is 4.26. The summed E-state index contributed by atoms with van der Waals surface area (Å²) in [6.07, 6.45) is 2.22. The van der Waals surface area contributed by atoms with Crippen molar-refractivity contribution in [1.29, 1.82) is 0 Å². The molecule has 5 nitrogen and oxygen atoms in total. The maximum Gasteiger partial charge on any atom is 0.326 e. The van der Waals surface area contributed by atoms with Gasteiger partial charge in [0.15, 0.2) is 0 Å². The summed E-state index contributed by atoms with van der Waals surface area (Å²) in [6.45, 7) is 1.99. The van der Waals surface area contributed by atoms with Crippen LogP contribution in [0.4, 0.5) is 0 Å². The molecule has 0 aliphatic carbocycles. The van der Waals surface area contributed by atoms with E-state index in [1.165, 1.54) is 0 Å². The number of aliphatic carboxylic acids is 1. The van der Waals surface area contributed by atoms with Gasteiger partial charge in [0.2, 0.25) is 5.91 Å². The van der Waals surface area contributed by atoms with E-state index >= 15 is 0 Å². The molecule has 1 atom stereocenters. The summed E-state index contributed by atoms with van der Waals surface area (Å²) in [7, 11) is 0. The fourth-order valence-electron chi connectivity index (χ4n) is 3.06. The Morgan fingerprint density at radius 2 is 1.88 bits per heavy atom. The second-order valence-corrected chi connectivity index (χ2v) is 6.14. The van der Waals surface area contributed by atoms with Gasteiger partial charge in [-0.15, -0.1) is 0 Å². The summed E-state index contributed by atoms with van der Waals surface area (Å²) in [5, 5.41) is 13.2. The Balaban J connectivity index is 1.75. The van der Waals surface area contributed by atoms with Crippen molar-refractivity contribution < 1.29 is 14.7 Å². The molecule has 0 radical (unpaired) electrons. The molecule has 0 unspecified atom stereocenters. The average molecular weight is 336 g/mol. The van der Waals surface area contributed by atoms with Crippen LogP contribution in [0.2, 0.25) is 0 Å². The molecule has 3 aromatic rings. The first kappa shape index (κ1) is 16.8. The Kier molecular flexibility index (Phi) is 4.84. The monoisotopic (exact) mass is 336 g/mol. The second-order valence-electron chi connectivity index (χ2n) is 6.14. The lowest BCUT2D eigenvalue weighted by atomic mass is 10.0. The second kappa shape index (κ2) is 7.21. The van der Waals surface area contributed by atoms with E-state index in [4.69, 9.17) is 0 Å². The van der Waals surface area contributed by atoms with Gasteiger partial charge in [-0.05, 0) is 29.7 Å². The Bertz CT molecular complexity index is 900. The molecule has 5 heteroatoms. The Morgan fingerprint density at radius 1 is 1.12 bits per heavy atom. The molecule has 0 aliphatic rings. The van der Waals surface area contributed by atoms with Crippen molar-refractivity contribution in [3.05, 3.63) is 71.4 Å². The van der Waals surface area contributed by atoms with Crippen LogP contribution in [0.5, 0.6) is 0 Å². The molecule has 128 valence electrons. The molecule has 3 rings (SSSR count). The summed E-state index contributed by atoms with van der Waals surface area (Å²) in [6, 6.07) is 14.2. The highest BCUT2D eigenvalue weighted by Crippen LogP contribution is 2.23. The largest absolute Gasteiger partial charge is 0.480 e. The first-order valence-electron chi connectivity index (χ1n) is 8.16. The zero-order chi connectivity index (χ0) is 17.8. The lowest BCUT2D eigenvalue weighted by Crippen LogP contribution is -2.43. The number of hydrogen-bond donors (Lipinski definition) is 3. The van der Waals surface area contributed by atoms with Gasteiger partial charge in [-0.25, -0.2) is 4.79 Å². The Hall–Kier alpha value is -3.08. The Morgan fingerprint density at radius 3 is 2.60 bits per heavy atom. The standard InChI is InChI=1S/C20H20N2O3/c1-13-6-5-9-16-19(13)15(12-21-16)11-17(20(24)25)22-18(23)10-14-7-3-2-4-8-14/h2-9,12,17,21H,10-11H2,1H3,(H,22,23)(H,24,25)/t17-/m1/s1. The number of carboxylic acid groups (broad SMARTS) is 1. The number of nitrogens with one attached hydrogen (secondary N) is 2. The number of rotatable bonds is 6. The minimum Gasteiger partial charge on any atom is -0.480 e. The molecule has 0 spiro atoms. The van der Waals surface area contributed by atoms with Crippen LogP contribution in [0.1, 0.15) is 16.7 Å². The van der Waals surface area contributed by atoms with Crippen LogP contribution in [0.3, 0.4) is 0 Å². The predicted octanol–water partition coefficient (Wildman–Crippen LogP) is 2.83. The molecule has 2 aromatic carbocycles. The molecule has 0 fully saturated rings. The highest BCUT2D eigenvalue weighted by molar-refractivity contribution is 5.89. The fraction of sp³-hybridized carbons (Fsp3) is 0.200. The molecule has 1 aromatic heterocycles. The van der Waals surface area contributed by atoms with E-state index in [-0.39, 0.29) is 18.7 Å². The number of carbonyl (C=O) groups is 2. The zero-order valence-electron chi connectivity index (χ0n) is 14.0. The van der Waals surface area contributed by atoms with E-state index in [1.54, 1.807) is 0 Å². The van der Waals surface area contributed by atoms with E-state index in [9.17, 15) is 14.7 Å². The molecule has 0 bridgehead atoms. The molecular weight excluding hydrogens is 316 g/mol. The van der Waals surface area contributed by atoms with Gasteiger partial charge in [0, 0.05) is 23.5 Å². The number of aromatic nitrogens is 1. The van der Waals surface area contributed by atoms with Crippen LogP contribution in [-0.2, 0) is 22.4 Å².